The van der Waals surface area contributed by atoms with Crippen molar-refractivity contribution in [1.82, 2.24) is 10.2 Å². The first-order valence-electron chi connectivity index (χ1n) is 12.4. The summed E-state index contributed by atoms with van der Waals surface area (Å²) in [7, 11) is 1.72. The largest absolute Gasteiger partial charge is 0.496 e. The van der Waals surface area contributed by atoms with Crippen LogP contribution in [0.3, 0.4) is 0 Å². The Morgan fingerprint density at radius 1 is 1.03 bits per heavy atom. The van der Waals surface area contributed by atoms with Crippen molar-refractivity contribution in [1.29, 1.82) is 0 Å². The number of ether oxygens (including phenoxy) is 1. The molecule has 2 aliphatic rings. The molecule has 1 N–H and O–H groups in total. The van der Waals surface area contributed by atoms with Gasteiger partial charge in [0.2, 0.25) is 5.91 Å². The van der Waals surface area contributed by atoms with Gasteiger partial charge in [0.25, 0.3) is 0 Å². The van der Waals surface area contributed by atoms with Gasteiger partial charge in [-0.15, -0.1) is 0 Å². The molecule has 1 atom stereocenters. The van der Waals surface area contributed by atoms with Gasteiger partial charge in [-0.3, -0.25) is 4.79 Å². The first-order valence-corrected chi connectivity index (χ1v) is 12.4. The lowest BCUT2D eigenvalue weighted by Gasteiger charge is -2.37. The summed E-state index contributed by atoms with van der Waals surface area (Å²) < 4.78 is 5.58. The zero-order chi connectivity index (χ0) is 22.4. The molecule has 1 aliphatic carbocycles. The van der Waals surface area contributed by atoms with Gasteiger partial charge in [0, 0.05) is 18.2 Å². The van der Waals surface area contributed by atoms with Crippen LogP contribution in [-0.2, 0) is 11.2 Å². The van der Waals surface area contributed by atoms with Crippen molar-refractivity contribution in [3.05, 3.63) is 54.1 Å². The molecule has 0 radical (unpaired) electrons. The smallest absolute Gasteiger partial charge is 0.226 e. The van der Waals surface area contributed by atoms with Crippen molar-refractivity contribution >= 4 is 5.91 Å². The van der Waals surface area contributed by atoms with Crippen molar-refractivity contribution in [2.75, 3.05) is 26.7 Å². The van der Waals surface area contributed by atoms with E-state index < -0.39 is 0 Å². The van der Waals surface area contributed by atoms with E-state index in [0.717, 1.165) is 55.5 Å². The minimum atomic E-state index is -0.295. The lowest BCUT2D eigenvalue weighted by molar-refractivity contribution is -0.133. The van der Waals surface area contributed by atoms with Crippen molar-refractivity contribution in [3.63, 3.8) is 0 Å². The highest BCUT2D eigenvalue weighted by atomic mass is 16.5. The molecule has 1 heterocycles. The Hall–Kier alpha value is -2.33. The lowest BCUT2D eigenvalue weighted by Crippen LogP contribution is -2.49. The number of carbonyl (C=O) groups is 1. The topological polar surface area (TPSA) is 41.6 Å². The number of nitrogens with zero attached hydrogens (tertiary/aromatic N) is 1. The number of hydrogen-bond acceptors (Lipinski definition) is 3. The average Bonchev–Trinajstić information content (AvgIpc) is 3.32. The number of hydrogen-bond donors (Lipinski definition) is 1. The maximum absolute atomic E-state index is 13.6. The van der Waals surface area contributed by atoms with Gasteiger partial charge in [-0.2, -0.15) is 0 Å². The van der Waals surface area contributed by atoms with Crippen LogP contribution in [0.2, 0.25) is 0 Å². The van der Waals surface area contributed by atoms with Crippen LogP contribution in [0.4, 0.5) is 0 Å². The van der Waals surface area contributed by atoms with E-state index in [0.29, 0.717) is 0 Å². The van der Waals surface area contributed by atoms with Crippen LogP contribution in [0.5, 0.6) is 5.75 Å². The number of amides is 1. The van der Waals surface area contributed by atoms with E-state index in [1.807, 2.05) is 18.2 Å². The van der Waals surface area contributed by atoms with E-state index in [9.17, 15) is 4.79 Å². The third kappa shape index (κ3) is 5.35. The lowest BCUT2D eigenvalue weighted by atomic mass is 9.69. The SMILES string of the molecule is COc1ccccc1-c1cccc(CC2(C(=O)NC(C)CN3CCCC3)CCCCC2)c1. The van der Waals surface area contributed by atoms with Gasteiger partial charge < -0.3 is 15.0 Å². The Bertz CT molecular complexity index is 898. The van der Waals surface area contributed by atoms with Crippen molar-refractivity contribution in [2.24, 2.45) is 5.41 Å². The summed E-state index contributed by atoms with van der Waals surface area (Å²) in [5.74, 6) is 1.14. The summed E-state index contributed by atoms with van der Waals surface area (Å²) in [6.45, 7) is 5.46. The molecular weight excluding hydrogens is 396 g/mol. The van der Waals surface area contributed by atoms with Gasteiger partial charge in [0.1, 0.15) is 5.75 Å². The maximum atomic E-state index is 13.6. The second-order valence-electron chi connectivity index (χ2n) is 9.80. The number of carbonyl (C=O) groups excluding carboxylic acids is 1. The zero-order valence-electron chi connectivity index (χ0n) is 19.7. The van der Waals surface area contributed by atoms with Crippen LogP contribution in [0.25, 0.3) is 11.1 Å². The Morgan fingerprint density at radius 3 is 2.53 bits per heavy atom. The number of benzene rings is 2. The van der Waals surface area contributed by atoms with Crippen molar-refractivity contribution in [3.8, 4) is 16.9 Å². The molecule has 2 aromatic carbocycles. The summed E-state index contributed by atoms with van der Waals surface area (Å²) in [6, 6.07) is 17.0. The standard InChI is InChI=1S/C28H38N2O2/c1-22(21-30-17-8-9-18-30)29-27(31)28(15-6-3-7-16-28)20-23-11-10-12-24(19-23)25-13-4-5-14-26(25)32-2/h4-5,10-14,19,22H,3,6-9,15-18,20-21H2,1-2H3,(H,29,31). The van der Waals surface area contributed by atoms with Gasteiger partial charge in [-0.05, 0) is 69.3 Å². The second-order valence-corrected chi connectivity index (χ2v) is 9.80. The van der Waals surface area contributed by atoms with E-state index in [2.05, 4.69) is 47.5 Å². The van der Waals surface area contributed by atoms with E-state index in [4.69, 9.17) is 4.74 Å². The van der Waals surface area contributed by atoms with Crippen LogP contribution in [0, 0.1) is 5.41 Å². The fourth-order valence-corrected chi connectivity index (χ4v) is 5.61. The minimum Gasteiger partial charge on any atom is -0.496 e. The molecule has 1 saturated heterocycles. The first kappa shape index (κ1) is 22.8. The highest BCUT2D eigenvalue weighted by Gasteiger charge is 2.40. The third-order valence-electron chi connectivity index (χ3n) is 7.29. The summed E-state index contributed by atoms with van der Waals surface area (Å²) in [6.07, 6.45) is 8.85. The monoisotopic (exact) mass is 434 g/mol. The molecule has 4 heteroatoms. The summed E-state index contributed by atoms with van der Waals surface area (Å²) in [5.41, 5.74) is 3.18. The van der Waals surface area contributed by atoms with Crippen molar-refractivity contribution < 1.29 is 9.53 Å². The first-order chi connectivity index (χ1) is 15.6. The average molecular weight is 435 g/mol. The predicted octanol–water partition coefficient (Wildman–Crippen LogP) is 5.46. The van der Waals surface area contributed by atoms with Crippen LogP contribution < -0.4 is 10.1 Å². The van der Waals surface area contributed by atoms with Crippen LogP contribution in [0.1, 0.15) is 57.4 Å². The Kier molecular flexibility index (Phi) is 7.51. The van der Waals surface area contributed by atoms with Crippen LogP contribution in [-0.4, -0.2) is 43.6 Å². The molecule has 1 amide bonds. The molecule has 4 rings (SSSR count). The number of nitrogens with one attached hydrogen (secondary N) is 1. The fourth-order valence-electron chi connectivity index (χ4n) is 5.61. The highest BCUT2D eigenvalue weighted by molar-refractivity contribution is 5.83. The molecule has 0 spiro atoms. The molecular formula is C28H38N2O2. The third-order valence-corrected chi connectivity index (χ3v) is 7.29. The Balaban J connectivity index is 1.51. The molecule has 0 aromatic heterocycles. The van der Waals surface area contributed by atoms with Crippen molar-refractivity contribution in [2.45, 2.75) is 64.3 Å². The van der Waals surface area contributed by atoms with Gasteiger partial charge >= 0.3 is 0 Å². The maximum Gasteiger partial charge on any atom is 0.226 e. The minimum absolute atomic E-state index is 0.194. The highest BCUT2D eigenvalue weighted by Crippen LogP contribution is 2.40. The van der Waals surface area contributed by atoms with Gasteiger partial charge in [0.15, 0.2) is 0 Å². The van der Waals surface area contributed by atoms with Gasteiger partial charge in [-0.25, -0.2) is 0 Å². The van der Waals surface area contributed by atoms with E-state index in [1.165, 1.54) is 37.9 Å². The van der Waals surface area contributed by atoms with E-state index in [-0.39, 0.29) is 17.4 Å². The number of methoxy groups -OCH3 is 1. The van der Waals surface area contributed by atoms with Gasteiger partial charge in [0.05, 0.1) is 12.5 Å². The molecule has 2 aromatic rings. The number of para-hydroxylation sites is 1. The Labute approximate surface area is 193 Å². The molecule has 172 valence electrons. The number of likely N-dealkylation sites (tertiary alicyclic amines) is 1. The molecule has 2 fully saturated rings. The zero-order valence-corrected chi connectivity index (χ0v) is 19.7. The normalized spacial score (nSPS) is 19.4. The van der Waals surface area contributed by atoms with E-state index >= 15 is 0 Å². The van der Waals surface area contributed by atoms with Gasteiger partial charge in [-0.1, -0.05) is 61.7 Å². The van der Waals surface area contributed by atoms with E-state index in [1.54, 1.807) is 7.11 Å². The second kappa shape index (κ2) is 10.5. The molecule has 1 unspecified atom stereocenters. The summed E-state index contributed by atoms with van der Waals surface area (Å²) >= 11 is 0. The fraction of sp³-hybridized carbons (Fsp3) is 0.536. The van der Waals surface area contributed by atoms with Crippen LogP contribution in [0.15, 0.2) is 48.5 Å². The summed E-state index contributed by atoms with van der Waals surface area (Å²) in [4.78, 5) is 16.1. The molecule has 1 saturated carbocycles. The quantitative estimate of drug-likeness (QED) is 0.600. The molecule has 1 aliphatic heterocycles. The van der Waals surface area contributed by atoms with Crippen LogP contribution >= 0.6 is 0 Å². The Morgan fingerprint density at radius 2 is 1.78 bits per heavy atom. The molecule has 0 bridgehead atoms. The molecule has 32 heavy (non-hydrogen) atoms. The summed E-state index contributed by atoms with van der Waals surface area (Å²) in [5, 5.41) is 3.40. The molecule has 4 nitrogen and oxygen atoms in total. The predicted molar refractivity (Wildman–Crippen MR) is 131 cm³/mol. The number of rotatable bonds is 8.